The second-order valence-electron chi connectivity index (χ2n) is 7.39. The summed E-state index contributed by atoms with van der Waals surface area (Å²) in [7, 11) is 0. The van der Waals surface area contributed by atoms with Crippen molar-refractivity contribution in [3.8, 4) is 0 Å². The summed E-state index contributed by atoms with van der Waals surface area (Å²) in [4.78, 5) is 26.6. The number of halogens is 1. The Morgan fingerprint density at radius 2 is 1.79 bits per heavy atom. The molecule has 2 rings (SSSR count). The molecule has 1 aliphatic heterocycles. The van der Waals surface area contributed by atoms with Crippen LogP contribution in [-0.2, 0) is 9.59 Å². The van der Waals surface area contributed by atoms with Crippen LogP contribution in [0.15, 0.2) is 0 Å². The van der Waals surface area contributed by atoms with Crippen LogP contribution in [0.2, 0.25) is 0 Å². The van der Waals surface area contributed by atoms with Crippen molar-refractivity contribution in [2.75, 3.05) is 26.2 Å². The summed E-state index contributed by atoms with van der Waals surface area (Å²) in [5, 5.41) is 2.97. The molecular formula is C18H34ClN3O2. The minimum absolute atomic E-state index is 0. The first-order chi connectivity index (χ1) is 11.1. The molecule has 0 radical (unpaired) electrons. The first-order valence-corrected chi connectivity index (χ1v) is 9.36. The van der Waals surface area contributed by atoms with E-state index in [9.17, 15) is 9.59 Å². The van der Waals surface area contributed by atoms with Gasteiger partial charge in [-0.25, -0.2) is 0 Å². The molecule has 2 amide bonds. The number of carbonyl (C=O) groups is 2. The van der Waals surface area contributed by atoms with Crippen LogP contribution in [0.3, 0.4) is 0 Å². The van der Waals surface area contributed by atoms with Crippen molar-refractivity contribution in [2.24, 2.45) is 17.1 Å². The summed E-state index contributed by atoms with van der Waals surface area (Å²) >= 11 is 0. The Morgan fingerprint density at radius 3 is 2.33 bits per heavy atom. The van der Waals surface area contributed by atoms with Crippen molar-refractivity contribution in [1.82, 2.24) is 10.2 Å². The van der Waals surface area contributed by atoms with Gasteiger partial charge in [0.15, 0.2) is 0 Å². The summed E-state index contributed by atoms with van der Waals surface area (Å²) in [6.07, 6.45) is 8.98. The minimum atomic E-state index is 0. The molecule has 0 bridgehead atoms. The van der Waals surface area contributed by atoms with E-state index in [0.717, 1.165) is 38.6 Å². The number of hydrogen-bond donors (Lipinski definition) is 2. The van der Waals surface area contributed by atoms with E-state index in [1.807, 2.05) is 4.90 Å². The Balaban J connectivity index is 0.00000288. The van der Waals surface area contributed by atoms with Gasteiger partial charge in [0, 0.05) is 32.0 Å². The lowest BCUT2D eigenvalue weighted by Gasteiger charge is -2.38. The Hall–Kier alpha value is -0.810. The van der Waals surface area contributed by atoms with Gasteiger partial charge in [0.25, 0.3) is 0 Å². The third-order valence-electron chi connectivity index (χ3n) is 5.64. The molecule has 1 aliphatic carbocycles. The number of rotatable bonds is 6. The van der Waals surface area contributed by atoms with Crippen molar-refractivity contribution >= 4 is 24.2 Å². The van der Waals surface area contributed by atoms with Crippen molar-refractivity contribution in [1.29, 1.82) is 0 Å². The topological polar surface area (TPSA) is 75.4 Å². The smallest absolute Gasteiger partial charge is 0.223 e. The first-order valence-electron chi connectivity index (χ1n) is 9.36. The second-order valence-corrected chi connectivity index (χ2v) is 7.39. The molecule has 0 aromatic carbocycles. The number of nitrogens with two attached hydrogens (primary N) is 1. The van der Waals surface area contributed by atoms with E-state index in [1.165, 1.54) is 19.3 Å². The maximum absolute atomic E-state index is 12.6. The van der Waals surface area contributed by atoms with Crippen LogP contribution in [0, 0.1) is 11.3 Å². The predicted molar refractivity (Wildman–Crippen MR) is 99.0 cm³/mol. The Bertz CT molecular complexity index is 403. The molecule has 1 saturated carbocycles. The quantitative estimate of drug-likeness (QED) is 0.764. The van der Waals surface area contributed by atoms with Crippen molar-refractivity contribution in [2.45, 2.75) is 64.7 Å². The average Bonchev–Trinajstić information content (AvgIpc) is 2.60. The Morgan fingerprint density at radius 1 is 1.17 bits per heavy atom. The highest BCUT2D eigenvalue weighted by Crippen LogP contribution is 2.39. The zero-order valence-corrected chi connectivity index (χ0v) is 15.8. The largest absolute Gasteiger partial charge is 0.356 e. The number of amides is 2. The normalized spacial score (nSPS) is 21.0. The van der Waals surface area contributed by atoms with Crippen LogP contribution in [0.25, 0.3) is 0 Å². The Labute approximate surface area is 152 Å². The van der Waals surface area contributed by atoms with Crippen molar-refractivity contribution < 1.29 is 9.59 Å². The van der Waals surface area contributed by atoms with Gasteiger partial charge in [0.05, 0.1) is 0 Å². The van der Waals surface area contributed by atoms with Gasteiger partial charge in [-0.2, -0.15) is 0 Å². The second kappa shape index (κ2) is 10.2. The van der Waals surface area contributed by atoms with Gasteiger partial charge >= 0.3 is 0 Å². The van der Waals surface area contributed by atoms with Crippen LogP contribution in [0.5, 0.6) is 0 Å². The molecule has 3 N–H and O–H groups in total. The van der Waals surface area contributed by atoms with Gasteiger partial charge in [-0.1, -0.05) is 26.2 Å². The van der Waals surface area contributed by atoms with E-state index in [0.29, 0.717) is 26.1 Å². The first kappa shape index (κ1) is 21.2. The van der Waals surface area contributed by atoms with E-state index in [-0.39, 0.29) is 35.6 Å². The summed E-state index contributed by atoms with van der Waals surface area (Å²) in [5.41, 5.74) is 6.03. The lowest BCUT2D eigenvalue weighted by molar-refractivity contribution is -0.138. The lowest BCUT2D eigenvalue weighted by atomic mass is 9.71. The van der Waals surface area contributed by atoms with Gasteiger partial charge in [-0.3, -0.25) is 9.59 Å². The minimum Gasteiger partial charge on any atom is -0.356 e. The third-order valence-corrected chi connectivity index (χ3v) is 5.64. The van der Waals surface area contributed by atoms with Crippen LogP contribution in [-0.4, -0.2) is 42.9 Å². The molecule has 0 spiro atoms. The molecule has 0 aromatic rings. The fourth-order valence-electron chi connectivity index (χ4n) is 3.97. The molecule has 24 heavy (non-hydrogen) atoms. The van der Waals surface area contributed by atoms with Crippen LogP contribution >= 0.6 is 12.4 Å². The lowest BCUT2D eigenvalue weighted by Crippen LogP contribution is -2.45. The van der Waals surface area contributed by atoms with E-state index in [1.54, 1.807) is 0 Å². The number of carbonyl (C=O) groups excluding carboxylic acids is 2. The molecule has 5 nitrogen and oxygen atoms in total. The molecule has 6 heteroatoms. The van der Waals surface area contributed by atoms with Gasteiger partial charge in [-0.05, 0) is 44.1 Å². The average molecular weight is 360 g/mol. The van der Waals surface area contributed by atoms with Crippen molar-refractivity contribution in [3.63, 3.8) is 0 Å². The third kappa shape index (κ3) is 5.62. The number of nitrogens with one attached hydrogen (secondary N) is 1. The van der Waals surface area contributed by atoms with Gasteiger partial charge < -0.3 is 16.0 Å². The maximum atomic E-state index is 12.6. The summed E-state index contributed by atoms with van der Waals surface area (Å²) in [6, 6.07) is 0. The molecular weight excluding hydrogens is 326 g/mol. The van der Waals surface area contributed by atoms with E-state index >= 15 is 0 Å². The van der Waals surface area contributed by atoms with Crippen LogP contribution in [0.1, 0.15) is 64.7 Å². The number of piperidine rings is 1. The summed E-state index contributed by atoms with van der Waals surface area (Å²) < 4.78 is 0. The molecule has 1 saturated heterocycles. The van der Waals surface area contributed by atoms with Crippen LogP contribution in [0.4, 0.5) is 0 Å². The number of nitrogens with zero attached hydrogens (tertiary/aromatic N) is 1. The SMILES string of the molecule is CCCNC(=O)C1CCN(C(=O)CC2(CN)CCCCC2)CC1.Cl. The summed E-state index contributed by atoms with van der Waals surface area (Å²) in [6.45, 7) is 4.85. The van der Waals surface area contributed by atoms with Gasteiger partial charge in [0.2, 0.25) is 11.8 Å². The molecule has 0 atom stereocenters. The Kier molecular flexibility index (Phi) is 9.06. The van der Waals surface area contributed by atoms with E-state index in [4.69, 9.17) is 5.73 Å². The number of likely N-dealkylation sites (tertiary alicyclic amines) is 1. The molecule has 0 aromatic heterocycles. The van der Waals surface area contributed by atoms with Gasteiger partial charge in [-0.15, -0.1) is 12.4 Å². The molecule has 0 unspecified atom stereocenters. The zero-order valence-electron chi connectivity index (χ0n) is 15.0. The number of hydrogen-bond acceptors (Lipinski definition) is 3. The molecule has 2 fully saturated rings. The molecule has 140 valence electrons. The fourth-order valence-corrected chi connectivity index (χ4v) is 3.97. The summed E-state index contributed by atoms with van der Waals surface area (Å²) in [5.74, 6) is 0.471. The highest BCUT2D eigenvalue weighted by atomic mass is 35.5. The van der Waals surface area contributed by atoms with E-state index in [2.05, 4.69) is 12.2 Å². The zero-order chi connectivity index (χ0) is 16.7. The van der Waals surface area contributed by atoms with Crippen LogP contribution < -0.4 is 11.1 Å². The fraction of sp³-hybridized carbons (Fsp3) is 0.889. The molecule has 1 heterocycles. The highest BCUT2D eigenvalue weighted by molar-refractivity contribution is 5.85. The molecule has 2 aliphatic rings. The monoisotopic (exact) mass is 359 g/mol. The standard InChI is InChI=1S/C18H33N3O2.ClH/c1-2-10-20-17(23)15-6-11-21(12-7-15)16(22)13-18(14-19)8-4-3-5-9-18;/h15H,2-14,19H2,1H3,(H,20,23);1H. The van der Waals surface area contributed by atoms with E-state index < -0.39 is 0 Å². The van der Waals surface area contributed by atoms with Gasteiger partial charge in [0.1, 0.15) is 0 Å². The van der Waals surface area contributed by atoms with Crippen molar-refractivity contribution in [3.05, 3.63) is 0 Å². The highest BCUT2D eigenvalue weighted by Gasteiger charge is 2.35. The predicted octanol–water partition coefficient (Wildman–Crippen LogP) is 2.47. The maximum Gasteiger partial charge on any atom is 0.223 e.